The Hall–Kier alpha value is -3.98. The molecular formula is C27H26FN7O3S. The molecule has 2 aromatic heterocycles. The number of carbonyl (C=O) groups excluding carboxylic acids is 2. The third-order valence-corrected chi connectivity index (χ3v) is 9.52. The zero-order valence-electron chi connectivity index (χ0n) is 21.2. The number of hydrogen-bond donors (Lipinski definition) is 1. The summed E-state index contributed by atoms with van der Waals surface area (Å²) >= 11 is 0. The van der Waals surface area contributed by atoms with Gasteiger partial charge in [0.05, 0.1) is 43.8 Å². The molecular weight excluding hydrogens is 521 g/mol. The van der Waals surface area contributed by atoms with Crippen LogP contribution in [0.15, 0.2) is 54.1 Å². The van der Waals surface area contributed by atoms with Gasteiger partial charge in [0.25, 0.3) is 0 Å². The molecule has 2 amide bonds. The van der Waals surface area contributed by atoms with Crippen LogP contribution in [0.5, 0.6) is 0 Å². The Labute approximate surface area is 226 Å². The van der Waals surface area contributed by atoms with Crippen LogP contribution in [0.2, 0.25) is 0 Å². The summed E-state index contributed by atoms with van der Waals surface area (Å²) in [6.07, 6.45) is 6.46. The number of aromatic nitrogens is 4. The van der Waals surface area contributed by atoms with Crippen LogP contribution >= 0.6 is 0 Å². The van der Waals surface area contributed by atoms with E-state index in [-0.39, 0.29) is 18.7 Å². The number of nitriles is 1. The lowest BCUT2D eigenvalue weighted by molar-refractivity contribution is -0.140. The van der Waals surface area contributed by atoms with Gasteiger partial charge in [-0.1, -0.05) is 12.1 Å². The van der Waals surface area contributed by atoms with Crippen LogP contribution in [0.25, 0.3) is 5.69 Å². The van der Waals surface area contributed by atoms with E-state index in [2.05, 4.69) is 26.5 Å². The van der Waals surface area contributed by atoms with E-state index in [4.69, 9.17) is 0 Å². The Morgan fingerprint density at radius 3 is 2.64 bits per heavy atom. The molecule has 3 unspecified atom stereocenters. The summed E-state index contributed by atoms with van der Waals surface area (Å²) in [6, 6.07) is 9.63. The average Bonchev–Trinajstić information content (AvgIpc) is 3.78. The number of aryl methyl sites for hydroxylation is 1. The summed E-state index contributed by atoms with van der Waals surface area (Å²) in [7, 11) is -1.61. The molecule has 12 heteroatoms. The summed E-state index contributed by atoms with van der Waals surface area (Å²) in [6.45, 7) is 1.77. The maximum atomic E-state index is 15.0. The van der Waals surface area contributed by atoms with Gasteiger partial charge in [0, 0.05) is 12.7 Å². The smallest absolute Gasteiger partial charge is 0.244 e. The first kappa shape index (κ1) is 25.3. The van der Waals surface area contributed by atoms with Crippen molar-refractivity contribution in [3.05, 3.63) is 66.3 Å². The Bertz CT molecular complexity index is 1530. The molecule has 1 saturated heterocycles. The molecule has 1 N–H and O–H groups in total. The molecule has 2 saturated carbocycles. The van der Waals surface area contributed by atoms with Gasteiger partial charge in [-0.3, -0.25) is 18.8 Å². The standard InChI is InChI=1S/C27H26FN7O3S/c1-17-10-19(28)23(31-12-17)27(8-9-27)25(37)34-13-18(11-21(34)24(36)33-26(14-29)6-7-26)39(38)22-5-3-2-4-20(22)35-16-30-15-32-35/h2-5,10,12,15-16,18,21H,6-9,11,13H2,1H3,(H,33,36). The van der Waals surface area contributed by atoms with Crippen molar-refractivity contribution in [3.63, 3.8) is 0 Å². The van der Waals surface area contributed by atoms with Gasteiger partial charge in [0.1, 0.15) is 30.1 Å². The SMILES string of the molecule is Cc1cnc(C2(C(=O)N3CC(S(=O)c4ccccc4-n4cncn4)CC3C(=O)NC3(C#N)CC3)CC2)c(F)c1. The largest absolute Gasteiger partial charge is 0.336 e. The molecule has 6 rings (SSSR count). The molecule has 0 spiro atoms. The maximum Gasteiger partial charge on any atom is 0.244 e. The molecule has 200 valence electrons. The van der Waals surface area contributed by atoms with Crippen LogP contribution in [0, 0.1) is 24.1 Å². The molecule has 39 heavy (non-hydrogen) atoms. The van der Waals surface area contributed by atoms with E-state index >= 15 is 0 Å². The van der Waals surface area contributed by atoms with Gasteiger partial charge in [-0.15, -0.1) is 0 Å². The van der Waals surface area contributed by atoms with Crippen LogP contribution in [0.4, 0.5) is 4.39 Å². The van der Waals surface area contributed by atoms with Crippen molar-refractivity contribution in [2.45, 2.75) is 66.2 Å². The molecule has 3 aromatic rings. The van der Waals surface area contributed by atoms with E-state index in [0.717, 1.165) is 0 Å². The van der Waals surface area contributed by atoms with Crippen molar-refractivity contribution < 1.29 is 18.2 Å². The molecule has 3 fully saturated rings. The first-order valence-corrected chi connectivity index (χ1v) is 14.0. The Kier molecular flexibility index (Phi) is 6.06. The number of rotatable bonds is 7. The molecule has 1 aromatic carbocycles. The normalized spacial score (nSPS) is 23.1. The highest BCUT2D eigenvalue weighted by molar-refractivity contribution is 7.85. The van der Waals surface area contributed by atoms with Gasteiger partial charge in [0.2, 0.25) is 11.8 Å². The van der Waals surface area contributed by atoms with Crippen LogP contribution < -0.4 is 5.32 Å². The van der Waals surface area contributed by atoms with E-state index in [1.807, 2.05) is 0 Å². The van der Waals surface area contributed by atoms with Crippen molar-refractivity contribution in [1.82, 2.24) is 30.0 Å². The number of nitrogens with zero attached hydrogens (tertiary/aromatic N) is 6. The molecule has 2 aliphatic carbocycles. The summed E-state index contributed by atoms with van der Waals surface area (Å²) < 4.78 is 30.4. The fraction of sp³-hybridized carbons (Fsp3) is 0.407. The molecule has 0 bridgehead atoms. The monoisotopic (exact) mass is 547 g/mol. The number of nitrogens with one attached hydrogen (secondary N) is 1. The van der Waals surface area contributed by atoms with Crippen LogP contribution in [-0.2, 0) is 25.8 Å². The quantitative estimate of drug-likeness (QED) is 0.479. The van der Waals surface area contributed by atoms with E-state index in [0.29, 0.717) is 41.8 Å². The van der Waals surface area contributed by atoms with E-state index < -0.39 is 50.7 Å². The Morgan fingerprint density at radius 2 is 2.00 bits per heavy atom. The van der Waals surface area contributed by atoms with Crippen molar-refractivity contribution in [3.8, 4) is 11.8 Å². The minimum Gasteiger partial charge on any atom is -0.336 e. The lowest BCUT2D eigenvalue weighted by Crippen LogP contribution is -2.52. The van der Waals surface area contributed by atoms with Crippen LogP contribution in [0.3, 0.4) is 0 Å². The fourth-order valence-electron chi connectivity index (χ4n) is 5.30. The first-order valence-electron chi connectivity index (χ1n) is 12.8. The predicted octanol–water partition coefficient (Wildman–Crippen LogP) is 2.09. The van der Waals surface area contributed by atoms with E-state index in [1.165, 1.54) is 34.5 Å². The fourth-order valence-corrected chi connectivity index (χ4v) is 6.89. The van der Waals surface area contributed by atoms with Gasteiger partial charge >= 0.3 is 0 Å². The van der Waals surface area contributed by atoms with E-state index in [9.17, 15) is 23.5 Å². The number of para-hydroxylation sites is 1. The highest BCUT2D eigenvalue weighted by Gasteiger charge is 2.59. The van der Waals surface area contributed by atoms with Crippen molar-refractivity contribution in [2.24, 2.45) is 0 Å². The summed E-state index contributed by atoms with van der Waals surface area (Å²) in [5.74, 6) is -1.41. The second-order valence-corrected chi connectivity index (χ2v) is 12.2. The number of amides is 2. The van der Waals surface area contributed by atoms with Crippen molar-refractivity contribution >= 4 is 22.6 Å². The summed E-state index contributed by atoms with van der Waals surface area (Å²) in [5, 5.41) is 15.9. The second-order valence-electron chi connectivity index (χ2n) is 10.5. The van der Waals surface area contributed by atoms with Gasteiger partial charge in [-0.05, 0) is 62.8 Å². The van der Waals surface area contributed by atoms with E-state index in [1.54, 1.807) is 31.2 Å². The number of carbonyl (C=O) groups is 2. The topological polar surface area (TPSA) is 134 Å². The first-order chi connectivity index (χ1) is 18.8. The number of hydrogen-bond acceptors (Lipinski definition) is 7. The minimum absolute atomic E-state index is 0.0456. The number of pyridine rings is 1. The van der Waals surface area contributed by atoms with Crippen molar-refractivity contribution in [2.75, 3.05) is 6.54 Å². The molecule has 3 heterocycles. The van der Waals surface area contributed by atoms with Crippen LogP contribution in [-0.4, -0.2) is 64.0 Å². The Morgan fingerprint density at radius 1 is 1.23 bits per heavy atom. The lowest BCUT2D eigenvalue weighted by Gasteiger charge is -2.28. The van der Waals surface area contributed by atoms with Gasteiger partial charge in [0.15, 0.2) is 0 Å². The molecule has 10 nitrogen and oxygen atoms in total. The molecule has 3 aliphatic rings. The number of likely N-dealkylation sites (tertiary alicyclic amines) is 1. The number of benzene rings is 1. The van der Waals surface area contributed by atoms with Crippen molar-refractivity contribution in [1.29, 1.82) is 5.26 Å². The van der Waals surface area contributed by atoms with Gasteiger partial charge in [-0.25, -0.2) is 14.1 Å². The highest BCUT2D eigenvalue weighted by atomic mass is 32.2. The summed E-state index contributed by atoms with van der Waals surface area (Å²) in [4.78, 5) is 37.7. The van der Waals surface area contributed by atoms with Crippen LogP contribution in [0.1, 0.15) is 43.4 Å². The minimum atomic E-state index is -1.61. The average molecular weight is 548 g/mol. The third kappa shape index (κ3) is 4.40. The number of halogens is 1. The summed E-state index contributed by atoms with van der Waals surface area (Å²) in [5.41, 5.74) is -0.771. The Balaban J connectivity index is 1.33. The highest BCUT2D eigenvalue weighted by Crippen LogP contribution is 2.51. The van der Waals surface area contributed by atoms with Gasteiger partial charge < -0.3 is 10.2 Å². The second kappa shape index (κ2) is 9.34. The maximum absolute atomic E-state index is 15.0. The lowest BCUT2D eigenvalue weighted by atomic mass is 9.98. The zero-order chi connectivity index (χ0) is 27.4. The third-order valence-electron chi connectivity index (χ3n) is 7.79. The molecule has 0 radical (unpaired) electrons. The molecule has 1 aliphatic heterocycles. The van der Waals surface area contributed by atoms with Gasteiger partial charge in [-0.2, -0.15) is 10.4 Å². The predicted molar refractivity (Wildman–Crippen MR) is 137 cm³/mol. The molecule has 3 atom stereocenters. The zero-order valence-corrected chi connectivity index (χ0v) is 22.0.